The van der Waals surface area contributed by atoms with Crippen LogP contribution in [-0.2, 0) is 57.4 Å². The molecule has 0 unspecified atom stereocenters. The molecule has 787 valence electrons. The Hall–Kier alpha value is -13.8. The fraction of sp³-hybridized carbons (Fsp3) is 0.426. The second kappa shape index (κ2) is 68.6. The Bertz CT molecular complexity index is 5650. The number of halogens is 1. The number of rotatable bonds is 34. The zero-order valence-electron chi connectivity index (χ0n) is 84.3. The predicted octanol–water partition coefficient (Wildman–Crippen LogP) is -4.87. The first-order chi connectivity index (χ1) is 68.7. The molecule has 9 heterocycles. The Labute approximate surface area is 897 Å². The van der Waals surface area contributed by atoms with Crippen LogP contribution >= 0.6 is 11.6 Å². The second-order valence-corrected chi connectivity index (χ2v) is 33.1. The first kappa shape index (κ1) is 128. The van der Waals surface area contributed by atoms with Crippen LogP contribution in [0, 0.1) is 0 Å². The van der Waals surface area contributed by atoms with Crippen molar-refractivity contribution in [1.29, 1.82) is 0 Å². The minimum absolute atomic E-state index is 0. The molecule has 4 fully saturated rings. The molecular weight excluding hydrogens is 1950 g/mol. The van der Waals surface area contributed by atoms with Gasteiger partial charge in [-0.1, -0.05) is 33.5 Å². The first-order valence-electron chi connectivity index (χ1n) is 45.6. The molecule has 5 atom stereocenters. The van der Waals surface area contributed by atoms with Crippen molar-refractivity contribution in [3.8, 4) is 28.4 Å². The van der Waals surface area contributed by atoms with Crippen molar-refractivity contribution in [2.45, 2.75) is 102 Å². The maximum Gasteiger partial charge on any atom is 1.00 e. The maximum atomic E-state index is 13.0. The van der Waals surface area contributed by atoms with Crippen LogP contribution in [0.5, 0.6) is 0 Å². The van der Waals surface area contributed by atoms with E-state index in [4.69, 9.17) is 37.8 Å². The number of carboxylic acids is 3. The van der Waals surface area contributed by atoms with Crippen LogP contribution in [0.3, 0.4) is 0 Å². The number of hydrogen-bond donors (Lipinski definition) is 10. The van der Waals surface area contributed by atoms with Crippen LogP contribution in [0.1, 0.15) is 125 Å². The van der Waals surface area contributed by atoms with Gasteiger partial charge in [-0.3, -0.25) is 62.3 Å². The average Bonchev–Trinajstić information content (AvgIpc) is 1.26. The molecule has 0 spiro atoms. The van der Waals surface area contributed by atoms with E-state index in [2.05, 4.69) is 119 Å². The van der Waals surface area contributed by atoms with E-state index < -0.39 is 83.1 Å². The van der Waals surface area contributed by atoms with Crippen molar-refractivity contribution in [3.63, 3.8) is 0 Å². The van der Waals surface area contributed by atoms with Gasteiger partial charge >= 0.3 is 84.2 Å². The maximum absolute atomic E-state index is 13.0. The predicted molar refractivity (Wildman–Crippen MR) is 530 cm³/mol. The largest absolute Gasteiger partial charge is 1.00 e. The second-order valence-electron chi connectivity index (χ2n) is 32.7. The minimum atomic E-state index is -1.22. The molecule has 0 saturated carbocycles. The zero-order chi connectivity index (χ0) is 104. The number of carbonyl (C=O) groups excluding carboxylic acids is 11. The molecule has 0 aliphatic carbocycles. The Balaban J connectivity index is 0.000000604. The minimum Gasteiger partial charge on any atom is -1.00 e. The summed E-state index contributed by atoms with van der Waals surface area (Å²) in [6.07, 6.45) is 17.2. The van der Waals surface area contributed by atoms with Crippen molar-refractivity contribution >= 4 is 102 Å². The third kappa shape index (κ3) is 44.1. The number of hydrogen-bond acceptors (Lipinski definition) is 35. The fourth-order valence-electron chi connectivity index (χ4n) is 13.8. The molecule has 14 rings (SSSR count). The smallest absolute Gasteiger partial charge is 1.00 e. The number of likely N-dealkylation sites (N-methyl/N-ethyl adjacent to an activating group) is 4. The van der Waals surface area contributed by atoms with Crippen molar-refractivity contribution in [1.82, 2.24) is 136 Å². The summed E-state index contributed by atoms with van der Waals surface area (Å²) in [4.78, 5) is 179. The van der Waals surface area contributed by atoms with E-state index in [9.17, 15) is 67.1 Å². The van der Waals surface area contributed by atoms with Crippen LogP contribution < -0.4 is 80.7 Å². The number of esters is 3. The molecule has 50 nitrogen and oxygen atoms in total. The van der Waals surface area contributed by atoms with Gasteiger partial charge in [-0.2, -0.15) is 0 Å². The number of methoxy groups -OCH3 is 3. The molecule has 7 amide bonds. The van der Waals surface area contributed by atoms with Gasteiger partial charge in [0.05, 0.1) is 112 Å². The third-order valence-corrected chi connectivity index (χ3v) is 22.7. The first-order valence-corrected chi connectivity index (χ1v) is 46.0. The van der Waals surface area contributed by atoms with Crippen molar-refractivity contribution in [3.05, 3.63) is 211 Å². The van der Waals surface area contributed by atoms with Gasteiger partial charge in [-0.15, -0.1) is 25.5 Å². The molecule has 3 radical (unpaired) electrons. The van der Waals surface area contributed by atoms with E-state index >= 15 is 0 Å². The molecule has 4 saturated heterocycles. The number of benzene rings is 5. The summed E-state index contributed by atoms with van der Waals surface area (Å²) in [7, 11) is 11.9. The molecule has 5 aromatic carbocycles. The van der Waals surface area contributed by atoms with Gasteiger partial charge in [-0.25, -0.2) is 28.2 Å². The monoisotopic (exact) mass is 2080 g/mol. The number of aliphatic hydroxyl groups excluding tert-OH is 1. The number of ether oxygens (including phenoxy) is 3. The van der Waals surface area contributed by atoms with Gasteiger partial charge in [-0.05, 0) is 200 Å². The zero-order valence-corrected chi connectivity index (χ0v) is 86.1. The Kier molecular flexibility index (Phi) is 59.5. The van der Waals surface area contributed by atoms with Gasteiger partial charge in [0.1, 0.15) is 30.2 Å². The van der Waals surface area contributed by atoms with E-state index in [-0.39, 0.29) is 159 Å². The third-order valence-electron chi connectivity index (χ3n) is 22.5. The number of piperazine rings is 4. The molecule has 10 aromatic rings. The summed E-state index contributed by atoms with van der Waals surface area (Å²) in [5.41, 5.74) is 11.0. The van der Waals surface area contributed by atoms with Gasteiger partial charge < -0.3 is 108 Å². The van der Waals surface area contributed by atoms with Crippen molar-refractivity contribution < 1.29 is 157 Å². The van der Waals surface area contributed by atoms with Crippen LogP contribution in [0.4, 0.5) is 0 Å². The molecule has 12 N–H and O–H groups in total. The SMILES string of the molecule is C.CN1CCN(C(=O)[C@H](CCC(=O)O)NC(=O)c2ccc(-n3ccnn3)cc2)CC1.CN1CCN(C(=O)[C@H](CCCO)NC(=O)c2ccc(-n3ccnn3)cc2)CC1.CN1CCNCC1.COC(=O)CC[C@H](N)C(=O)O.COC(=O)CC[C@H](NC(=O)c1ccc(-n2ccnn2)cc1)C(=O)N1CCN(C)CC1.COC(=O)CC[C@H](NC(=O)c1ccc(-n2ccnn2)cc1)C(=O)O.O=C(Cl)c1ccc(-n2ccnn2)cc1.[B].[H-].[Li+].[Na+].[OH-]. The van der Waals surface area contributed by atoms with E-state index in [1.54, 1.807) is 211 Å². The Morgan fingerprint density at radius 1 is 0.378 bits per heavy atom. The molecule has 54 heteroatoms. The number of nitrogens with one attached hydrogen (secondary N) is 5. The molecule has 4 aliphatic rings. The average molecular weight is 2080 g/mol. The number of nitrogens with two attached hydrogens (primary N) is 1. The van der Waals surface area contributed by atoms with Crippen LogP contribution in [-0.4, -0.2) is 417 Å². The number of aliphatic hydroxyl groups is 1. The van der Waals surface area contributed by atoms with Gasteiger partial charge in [0.15, 0.2) is 0 Å². The quantitative estimate of drug-likeness (QED) is 0.00782. The van der Waals surface area contributed by atoms with Gasteiger partial charge in [0.2, 0.25) is 17.7 Å². The summed E-state index contributed by atoms with van der Waals surface area (Å²) >= 11 is 5.31. The summed E-state index contributed by atoms with van der Waals surface area (Å²) in [5, 5.41) is 87.1. The fourth-order valence-corrected chi connectivity index (χ4v) is 14.0. The van der Waals surface area contributed by atoms with E-state index in [1.807, 2.05) is 21.1 Å². The van der Waals surface area contributed by atoms with Gasteiger partial charge in [0.25, 0.3) is 28.9 Å². The number of carboxylic acid groups (broad SMARTS) is 3. The van der Waals surface area contributed by atoms with Gasteiger partial charge in [0, 0.05) is 173 Å². The topological polar surface area (TPSA) is 640 Å². The summed E-state index contributed by atoms with van der Waals surface area (Å²) in [6, 6.07) is 29.2. The standard InChI is InChI=1S/C20H26N6O4.C19H24N6O4.C19H26N6O3.C15H16N4O5.C9H6ClN3O.C6H11NO4.C5H12N2.CH4.B.Li.Na.H2O.H/c1-24-11-13-25(14-12-24)20(29)17(7-8-18(27)30-2)22-19(28)15-3-5-16(6-4-15)26-10-9-21-23-26;1-23-10-12-24(13-11-23)19(29)16(6-7-17(26)27)21-18(28)14-2-4-15(5-3-14)25-9-8-20-22-25;1-23-10-12-24(13-11-23)19(28)17(3-2-14-26)21-18(27)15-4-6-16(7-5-15)25-9-8-20-22-25;1-24-13(20)7-6-12(15(22)23)17-14(21)10-2-4-11(5-3-10)19-9-8-16-18-19;10-9(14)7-1-3-8(4-2-7)13-6-5-11-12-13;1-11-5(8)3-2-4(7)6(9)10;1-7-4-2-6-3-5-7;;;;;;/h3-6,9-10,17H,7-8,11-14H2,1-2H3,(H,22,28);2-5,8-9,16H,6-7,10-13H2,1H3,(H,21,28)(H,26,27);4-9,17,26H,2-3,10-14H2,1H3,(H,21,27);2-5,8-9,12H,6-7H2,1H3,(H,17,21)(H,22,23);1-6H;4H,2-3,7H2,1H3,(H,9,10);6H,2-5H2,1H3;1H4;;;;1H2;/q;;;;;;;;;2*+1;;-1/p-1/t17-;16-;17-;12-;;4-;;;;;;;/m0000.0......./s1. The number of nitrogens with zero attached hydrogens (tertiary/aromatic N) is 22. The van der Waals surface area contributed by atoms with Crippen molar-refractivity contribution in [2.24, 2.45) is 5.73 Å². The van der Waals surface area contributed by atoms with E-state index in [0.717, 1.165) is 75.1 Å². The number of carbonyl (C=O) groups is 14. The molecule has 5 aromatic heterocycles. The molecular formula is C94H127BClLiN28NaO22. The number of aromatic nitrogens is 15. The molecule has 148 heavy (non-hydrogen) atoms. The molecule has 0 bridgehead atoms. The normalized spacial score (nSPS) is 14.2. The summed E-state index contributed by atoms with van der Waals surface area (Å²) in [5.74, 6) is -6.89. The number of aliphatic carboxylic acids is 3. The van der Waals surface area contributed by atoms with Crippen LogP contribution in [0.15, 0.2) is 183 Å². The van der Waals surface area contributed by atoms with Crippen LogP contribution in [0.25, 0.3) is 28.4 Å². The molecule has 4 aliphatic heterocycles. The number of amides is 7. The summed E-state index contributed by atoms with van der Waals surface area (Å²) < 4.78 is 21.3. The van der Waals surface area contributed by atoms with Crippen LogP contribution in [0.2, 0.25) is 0 Å². The van der Waals surface area contributed by atoms with E-state index in [1.165, 1.54) is 45.3 Å². The summed E-state index contributed by atoms with van der Waals surface area (Å²) in [6.45, 7) is 13.0. The Morgan fingerprint density at radius 3 is 0.845 bits per heavy atom. The van der Waals surface area contributed by atoms with Crippen molar-refractivity contribution in [2.75, 3.05) is 161 Å². The van der Waals surface area contributed by atoms with E-state index in [0.29, 0.717) is 85.6 Å². The Morgan fingerprint density at radius 2 is 0.622 bits per heavy atom.